The third-order valence-corrected chi connectivity index (χ3v) is 9.62. The molecule has 3 heteroatoms. The van der Waals surface area contributed by atoms with Crippen LogP contribution in [-0.2, 0) is 0 Å². The zero-order valence-corrected chi connectivity index (χ0v) is 23.4. The van der Waals surface area contributed by atoms with Crippen LogP contribution in [-0.4, -0.2) is 9.97 Å². The van der Waals surface area contributed by atoms with Crippen molar-refractivity contribution in [2.75, 3.05) is 0 Å². The second-order valence-electron chi connectivity index (χ2n) is 10.9. The monoisotopic (exact) mass is 530 g/mol. The molecule has 0 bridgehead atoms. The first-order chi connectivity index (χ1) is 19.5. The third-order valence-electron chi connectivity index (χ3n) is 8.13. The van der Waals surface area contributed by atoms with Crippen molar-refractivity contribution in [3.8, 4) is 22.4 Å². The maximum atomic E-state index is 5.16. The van der Waals surface area contributed by atoms with Gasteiger partial charge in [-0.05, 0) is 72.0 Å². The molecule has 0 saturated heterocycles. The summed E-state index contributed by atoms with van der Waals surface area (Å²) in [6.07, 6.45) is 1.91. The Morgan fingerprint density at radius 1 is 0.500 bits per heavy atom. The fraction of sp³-hybridized carbons (Fsp3) is 0.0811. The van der Waals surface area contributed by atoms with E-state index in [4.69, 9.17) is 9.97 Å². The van der Waals surface area contributed by atoms with Gasteiger partial charge in [-0.3, -0.25) is 4.98 Å². The van der Waals surface area contributed by atoms with Crippen molar-refractivity contribution in [2.24, 2.45) is 0 Å². The maximum Gasteiger partial charge on any atom is 0.0979 e. The molecule has 0 atom stereocenters. The van der Waals surface area contributed by atoms with Gasteiger partial charge in [0.1, 0.15) is 0 Å². The van der Waals surface area contributed by atoms with Crippen LogP contribution in [0.4, 0.5) is 0 Å². The number of aromatic nitrogens is 2. The largest absolute Gasteiger partial charge is 0.252 e. The minimum atomic E-state index is 0.890. The molecule has 0 spiro atoms. The molecule has 8 rings (SSSR count). The second-order valence-corrected chi connectivity index (χ2v) is 11.9. The quantitative estimate of drug-likeness (QED) is 0.208. The highest BCUT2D eigenvalue weighted by molar-refractivity contribution is 7.26. The number of hydrogen-bond acceptors (Lipinski definition) is 3. The van der Waals surface area contributed by atoms with Crippen LogP contribution in [0.5, 0.6) is 0 Å². The Morgan fingerprint density at radius 2 is 1.07 bits per heavy atom. The van der Waals surface area contributed by atoms with E-state index in [0.29, 0.717) is 0 Å². The highest BCUT2D eigenvalue weighted by Crippen LogP contribution is 2.41. The predicted octanol–water partition coefficient (Wildman–Crippen LogP) is 10.6. The van der Waals surface area contributed by atoms with Crippen molar-refractivity contribution in [2.45, 2.75) is 20.8 Å². The Balaban J connectivity index is 1.25. The van der Waals surface area contributed by atoms with Gasteiger partial charge in [-0.15, -0.1) is 11.3 Å². The Hall–Kier alpha value is -4.60. The average Bonchev–Trinajstić information content (AvgIpc) is 3.37. The lowest BCUT2D eigenvalue weighted by Crippen LogP contribution is -1.92. The second kappa shape index (κ2) is 8.70. The molecule has 2 nitrogen and oxygen atoms in total. The van der Waals surface area contributed by atoms with Gasteiger partial charge in [0, 0.05) is 36.5 Å². The first-order valence-corrected chi connectivity index (χ1v) is 14.5. The van der Waals surface area contributed by atoms with E-state index >= 15 is 0 Å². The summed E-state index contributed by atoms with van der Waals surface area (Å²) >= 11 is 1.91. The van der Waals surface area contributed by atoms with Gasteiger partial charge in [0.05, 0.1) is 22.9 Å². The summed E-state index contributed by atoms with van der Waals surface area (Å²) in [6, 6.07) is 35.1. The molecule has 0 saturated carbocycles. The Labute approximate surface area is 236 Å². The van der Waals surface area contributed by atoms with Crippen LogP contribution >= 0.6 is 11.3 Å². The molecule has 6 aromatic carbocycles. The van der Waals surface area contributed by atoms with Crippen LogP contribution in [0, 0.1) is 20.8 Å². The van der Waals surface area contributed by atoms with E-state index in [-0.39, 0.29) is 0 Å². The fourth-order valence-electron chi connectivity index (χ4n) is 6.26. The zero-order valence-electron chi connectivity index (χ0n) is 22.6. The summed E-state index contributed by atoms with van der Waals surface area (Å²) in [4.78, 5) is 10.1. The van der Waals surface area contributed by atoms with Crippen LogP contribution in [0.1, 0.15) is 16.7 Å². The normalized spacial score (nSPS) is 11.9. The molecule has 0 radical (unpaired) electrons. The van der Waals surface area contributed by atoms with Crippen molar-refractivity contribution in [1.82, 2.24) is 9.97 Å². The van der Waals surface area contributed by atoms with Gasteiger partial charge in [0.25, 0.3) is 0 Å². The fourth-order valence-corrected chi connectivity index (χ4v) is 7.47. The van der Waals surface area contributed by atoms with Crippen molar-refractivity contribution < 1.29 is 0 Å². The van der Waals surface area contributed by atoms with Crippen LogP contribution < -0.4 is 0 Å². The van der Waals surface area contributed by atoms with Crippen molar-refractivity contribution >= 4 is 64.1 Å². The van der Waals surface area contributed by atoms with Crippen LogP contribution in [0.15, 0.2) is 103 Å². The summed E-state index contributed by atoms with van der Waals surface area (Å²) in [5.41, 5.74) is 10.3. The molecular weight excluding hydrogens is 504 g/mol. The first-order valence-electron chi connectivity index (χ1n) is 13.7. The summed E-state index contributed by atoms with van der Waals surface area (Å²) < 4.78 is 2.78. The Morgan fingerprint density at radius 3 is 1.77 bits per heavy atom. The molecule has 0 N–H and O–H groups in total. The van der Waals surface area contributed by atoms with Gasteiger partial charge in [0.15, 0.2) is 0 Å². The molecule has 190 valence electrons. The van der Waals surface area contributed by atoms with Crippen molar-refractivity contribution in [3.63, 3.8) is 0 Å². The number of hydrogen-bond donors (Lipinski definition) is 0. The molecule has 0 unspecified atom stereocenters. The number of aryl methyl sites for hydroxylation is 3. The maximum absolute atomic E-state index is 5.16. The lowest BCUT2D eigenvalue weighted by molar-refractivity contribution is 1.31. The van der Waals surface area contributed by atoms with Crippen molar-refractivity contribution in [3.05, 3.63) is 120 Å². The van der Waals surface area contributed by atoms with E-state index in [9.17, 15) is 0 Å². The molecule has 0 fully saturated rings. The number of nitrogens with zero attached hydrogens (tertiary/aromatic N) is 2. The van der Waals surface area contributed by atoms with Gasteiger partial charge in [0.2, 0.25) is 0 Å². The van der Waals surface area contributed by atoms with Gasteiger partial charge in [-0.25, -0.2) is 4.98 Å². The van der Waals surface area contributed by atoms with Crippen LogP contribution in [0.2, 0.25) is 0 Å². The van der Waals surface area contributed by atoms with Crippen LogP contribution in [0.3, 0.4) is 0 Å². The zero-order chi connectivity index (χ0) is 27.0. The summed E-state index contributed by atoms with van der Waals surface area (Å²) in [7, 11) is 0. The highest BCUT2D eigenvalue weighted by atomic mass is 32.1. The Bertz CT molecular complexity index is 2260. The van der Waals surface area contributed by atoms with E-state index in [2.05, 4.69) is 118 Å². The lowest BCUT2D eigenvalue weighted by Gasteiger charge is -2.11. The third kappa shape index (κ3) is 3.48. The van der Waals surface area contributed by atoms with Crippen molar-refractivity contribution in [1.29, 1.82) is 0 Å². The highest BCUT2D eigenvalue weighted by Gasteiger charge is 2.14. The molecule has 8 aromatic rings. The molecule has 2 heterocycles. The number of benzene rings is 6. The minimum absolute atomic E-state index is 0.890. The van der Waals surface area contributed by atoms with Crippen LogP contribution in [0.25, 0.3) is 75.1 Å². The van der Waals surface area contributed by atoms with E-state index < -0.39 is 0 Å². The molecule has 2 aromatic heterocycles. The summed E-state index contributed by atoms with van der Waals surface area (Å²) in [5, 5.41) is 7.43. The number of rotatable bonds is 2. The molecular formula is C37H26N2S. The van der Waals surface area contributed by atoms with Gasteiger partial charge < -0.3 is 0 Å². The Kier molecular flexibility index (Phi) is 5.07. The minimum Gasteiger partial charge on any atom is -0.252 e. The van der Waals surface area contributed by atoms with Gasteiger partial charge >= 0.3 is 0 Å². The predicted molar refractivity (Wildman–Crippen MR) is 173 cm³/mol. The van der Waals surface area contributed by atoms with E-state index in [0.717, 1.165) is 33.1 Å². The standard InChI is InChI=1S/C37H26N2S/c1-21-16-22(2)36-31(17-21)32-19-26(18-23(3)37(32)40-36)24-12-14-25(15-13-24)33-20-38-34-29-10-6-4-8-27(29)28-9-5-7-11-30(28)35(34)39-33/h4-20H,1-3H3. The number of thiophene rings is 1. The summed E-state index contributed by atoms with van der Waals surface area (Å²) in [5.74, 6) is 0. The van der Waals surface area contributed by atoms with Gasteiger partial charge in [-0.2, -0.15) is 0 Å². The smallest absolute Gasteiger partial charge is 0.0979 e. The molecule has 0 aliphatic carbocycles. The summed E-state index contributed by atoms with van der Waals surface area (Å²) in [6.45, 7) is 6.64. The van der Waals surface area contributed by atoms with Gasteiger partial charge in [-0.1, -0.05) is 84.4 Å². The average molecular weight is 531 g/mol. The van der Waals surface area contributed by atoms with E-state index in [1.165, 1.54) is 58.8 Å². The molecule has 0 aliphatic heterocycles. The molecule has 40 heavy (non-hydrogen) atoms. The van der Waals surface area contributed by atoms with E-state index in [1.807, 2.05) is 17.5 Å². The molecule has 0 amide bonds. The number of fused-ring (bicyclic) bond motifs is 9. The lowest BCUT2D eigenvalue weighted by atomic mass is 9.97. The van der Waals surface area contributed by atoms with E-state index in [1.54, 1.807) is 0 Å². The SMILES string of the molecule is Cc1cc(C)c2sc3c(C)cc(-c4ccc(-c5cnc6c7ccccc7c7ccccc7c6n5)cc4)cc3c2c1. The molecule has 0 aliphatic rings. The first kappa shape index (κ1) is 23.3. The topological polar surface area (TPSA) is 25.8 Å².